The van der Waals surface area contributed by atoms with E-state index in [2.05, 4.69) is 67.7 Å². The molecule has 184 valence electrons. The first-order chi connectivity index (χ1) is 14.8. The van der Waals surface area contributed by atoms with Gasteiger partial charge in [-0.25, -0.2) is 0 Å². The van der Waals surface area contributed by atoms with Crippen LogP contribution in [0.1, 0.15) is 78.6 Å². The number of rotatable bonds is 9. The second kappa shape index (κ2) is 11.0. The van der Waals surface area contributed by atoms with E-state index < -0.39 is 13.0 Å². The largest absolute Gasteiger partial charge is 0.269 e. The van der Waals surface area contributed by atoms with Crippen molar-refractivity contribution in [2.75, 3.05) is 13.1 Å². The van der Waals surface area contributed by atoms with Crippen molar-refractivity contribution in [3.63, 3.8) is 0 Å². The van der Waals surface area contributed by atoms with Crippen LogP contribution in [0.3, 0.4) is 0 Å². The van der Waals surface area contributed by atoms with Crippen LogP contribution in [0, 0.1) is 5.41 Å². The molecule has 1 heterocycles. The molecule has 3 aliphatic carbocycles. The van der Waals surface area contributed by atoms with Gasteiger partial charge in [-0.05, 0) is 24.8 Å². The van der Waals surface area contributed by atoms with Crippen molar-refractivity contribution in [2.24, 2.45) is 5.41 Å². The van der Waals surface area contributed by atoms with E-state index in [1.807, 2.05) is 0 Å². The number of nitrogens with one attached hydrogen (secondary N) is 1. The van der Waals surface area contributed by atoms with Crippen LogP contribution < -0.4 is 5.09 Å². The summed E-state index contributed by atoms with van der Waals surface area (Å²) >= 11 is 0. The number of halogens is 3. The third-order valence-corrected chi connectivity index (χ3v) is 10.7. The first-order valence-electron chi connectivity index (χ1n) is 12.4. The first-order valence-corrected chi connectivity index (χ1v) is 14.6. The summed E-state index contributed by atoms with van der Waals surface area (Å²) in [5.74, 6) is 0.999. The molecule has 1 spiro atoms. The maximum Gasteiger partial charge on any atom is -0.0303 e. The minimum Gasteiger partial charge on any atom is -0.269 e. The molecule has 32 heavy (non-hydrogen) atoms. The van der Waals surface area contributed by atoms with Crippen molar-refractivity contribution in [3.8, 4) is 0 Å². The number of likely N-dealkylation sites (tertiary alicyclic amines) is 1. The molecule has 0 atom stereocenters. The molecule has 6 heteroatoms. The maximum atomic E-state index is 15.1. The summed E-state index contributed by atoms with van der Waals surface area (Å²) in [6.07, 6.45) is 20.2. The van der Waals surface area contributed by atoms with E-state index in [9.17, 15) is 0 Å². The van der Waals surface area contributed by atoms with Crippen LogP contribution in [0.2, 0.25) is 0 Å². The molecule has 4 aliphatic rings. The summed E-state index contributed by atoms with van der Waals surface area (Å²) in [5.41, 5.74) is 1.12. The summed E-state index contributed by atoms with van der Waals surface area (Å²) in [6.45, 7) is 12.1. The van der Waals surface area contributed by atoms with E-state index in [4.69, 9.17) is 0 Å². The Labute approximate surface area is 193 Å². The minimum atomic E-state index is -4.86. The predicted molar refractivity (Wildman–Crippen MR) is 135 cm³/mol. The van der Waals surface area contributed by atoms with Gasteiger partial charge in [0.2, 0.25) is 0 Å². The molecule has 1 aliphatic heterocycles. The van der Waals surface area contributed by atoms with Gasteiger partial charge in [0.25, 0.3) is 0 Å². The van der Waals surface area contributed by atoms with Crippen molar-refractivity contribution < 1.29 is 13.1 Å². The van der Waals surface area contributed by atoms with Gasteiger partial charge in [0.05, 0.1) is 0 Å². The van der Waals surface area contributed by atoms with E-state index in [0.717, 1.165) is 51.0 Å². The fourth-order valence-electron chi connectivity index (χ4n) is 5.29. The molecule has 0 aromatic carbocycles. The van der Waals surface area contributed by atoms with Gasteiger partial charge in [0, 0.05) is 0 Å². The third kappa shape index (κ3) is 6.36. The fraction of sp³-hybridized carbons (Fsp3) is 0.692. The average Bonchev–Trinajstić information content (AvgIpc) is 3.52. The van der Waals surface area contributed by atoms with Crippen molar-refractivity contribution in [3.05, 3.63) is 48.3 Å². The van der Waals surface area contributed by atoms with Crippen LogP contribution in [0.25, 0.3) is 0 Å². The summed E-state index contributed by atoms with van der Waals surface area (Å²) < 4.78 is 30.1. The summed E-state index contributed by atoms with van der Waals surface area (Å²) in [4.78, 5) is 2.49. The molecule has 2 saturated carbocycles. The number of nitrogens with zero attached hydrogens (tertiary/aromatic N) is 1. The Bertz CT molecular complexity index is 709. The van der Waals surface area contributed by atoms with Crippen LogP contribution in [-0.4, -0.2) is 35.7 Å². The Hall–Kier alpha value is -0.900. The van der Waals surface area contributed by atoms with Gasteiger partial charge >= 0.3 is 127 Å². The zero-order chi connectivity index (χ0) is 22.6. The summed E-state index contributed by atoms with van der Waals surface area (Å²) in [6, 6.07) is 0.694. The van der Waals surface area contributed by atoms with Crippen LogP contribution in [0.5, 0.6) is 0 Å². The molecule has 2 nitrogen and oxygen atoms in total. The van der Waals surface area contributed by atoms with Gasteiger partial charge in [0.15, 0.2) is 0 Å². The van der Waals surface area contributed by atoms with E-state index >= 15 is 8.39 Å². The van der Waals surface area contributed by atoms with Crippen LogP contribution >= 0.6 is 7.38 Å². The summed E-state index contributed by atoms with van der Waals surface area (Å²) in [7, 11) is -4.86. The number of hydrogen-bond donors (Lipinski definition) is 1. The average molecular weight is 473 g/mol. The Morgan fingerprint density at radius 1 is 1.19 bits per heavy atom. The molecular weight excluding hydrogens is 428 g/mol. The standard InChI is InChI=1S/C16H29F2N2P.C10H14.FH/c1-4-14(5-2)20-11-16(12-20)9-15(10-16)21(17,18,6-3)19-13-7-8-13;1-2-3-7-10-8-5-4-6-9-10;/h6,13-15,19H,3-5,7-12H2,1-2H3;3,5,7-9H,2,4,6H2,1H3;1H/b;7-3-;. The minimum absolute atomic E-state index is 0. The van der Waals surface area contributed by atoms with Crippen molar-refractivity contribution in [1.29, 1.82) is 0 Å². The first kappa shape index (κ1) is 27.3. The molecular formula is C26H44F3N2P. The summed E-state index contributed by atoms with van der Waals surface area (Å²) in [5, 5.41) is 2.70. The van der Waals surface area contributed by atoms with Crippen molar-refractivity contribution in [2.45, 2.75) is 96.3 Å². The van der Waals surface area contributed by atoms with Gasteiger partial charge in [0.1, 0.15) is 0 Å². The number of allylic oxidation sites excluding steroid dienone is 6. The fourth-order valence-corrected chi connectivity index (χ4v) is 8.31. The van der Waals surface area contributed by atoms with Crippen LogP contribution in [0.15, 0.2) is 48.3 Å². The Morgan fingerprint density at radius 2 is 1.84 bits per heavy atom. The molecule has 0 bridgehead atoms. The zero-order valence-corrected chi connectivity index (χ0v) is 21.1. The Balaban J connectivity index is 0.000000280. The molecule has 1 saturated heterocycles. The van der Waals surface area contributed by atoms with E-state index in [1.165, 1.54) is 18.4 Å². The van der Waals surface area contributed by atoms with Gasteiger partial charge in [-0.2, -0.15) is 0 Å². The quantitative estimate of drug-likeness (QED) is 0.341. The second-order valence-corrected chi connectivity index (χ2v) is 13.5. The molecule has 0 unspecified atom stereocenters. The normalized spacial score (nSPS) is 23.9. The van der Waals surface area contributed by atoms with E-state index in [-0.39, 0.29) is 16.2 Å². The van der Waals surface area contributed by atoms with E-state index in [1.54, 1.807) is 0 Å². The van der Waals surface area contributed by atoms with Gasteiger partial charge in [-0.3, -0.25) is 4.70 Å². The molecule has 4 rings (SSSR count). The third-order valence-electron chi connectivity index (χ3n) is 7.45. The van der Waals surface area contributed by atoms with Gasteiger partial charge in [-0.1, -0.05) is 37.3 Å². The van der Waals surface area contributed by atoms with Gasteiger partial charge < -0.3 is 0 Å². The molecule has 0 amide bonds. The SMILES string of the molecule is C=CP(F)(F)(NC1CC1)C1CC2(C1)CN(C(CC)CC)C2.CC/C=C\C1=CCCC=C1.F. The monoisotopic (exact) mass is 472 g/mol. The number of hydrogen-bond acceptors (Lipinski definition) is 2. The van der Waals surface area contributed by atoms with Crippen LogP contribution in [-0.2, 0) is 0 Å². The smallest absolute Gasteiger partial charge is 0.0303 e. The van der Waals surface area contributed by atoms with Crippen LogP contribution in [0.4, 0.5) is 13.1 Å². The topological polar surface area (TPSA) is 15.3 Å². The van der Waals surface area contributed by atoms with Crippen molar-refractivity contribution >= 4 is 7.38 Å². The molecule has 0 radical (unpaired) electrons. The molecule has 0 aromatic heterocycles. The van der Waals surface area contributed by atoms with Crippen molar-refractivity contribution in [1.82, 2.24) is 9.99 Å². The Morgan fingerprint density at radius 3 is 2.31 bits per heavy atom. The second-order valence-electron chi connectivity index (χ2n) is 10.0. The van der Waals surface area contributed by atoms with E-state index in [0.29, 0.717) is 18.9 Å². The molecule has 3 fully saturated rings. The molecule has 0 aromatic rings. The molecule has 1 N–H and O–H groups in total. The maximum absolute atomic E-state index is 15.1. The van der Waals surface area contributed by atoms with Gasteiger partial charge in [-0.15, -0.1) is 0 Å². The Kier molecular flexibility index (Phi) is 9.41. The predicted octanol–water partition coefficient (Wildman–Crippen LogP) is 8.15. The zero-order valence-electron chi connectivity index (χ0n) is 20.2.